The molecule has 0 radical (unpaired) electrons. The summed E-state index contributed by atoms with van der Waals surface area (Å²) in [5.41, 5.74) is 1.30. The predicted molar refractivity (Wildman–Crippen MR) is 104 cm³/mol. The molecular weight excluding hydrogens is 384 g/mol. The maximum atomic E-state index is 12.8. The van der Waals surface area contributed by atoms with Gasteiger partial charge in [-0.1, -0.05) is 6.07 Å². The second-order valence-corrected chi connectivity index (χ2v) is 8.94. The molecule has 0 aromatic heterocycles. The molecule has 1 amide bonds. The van der Waals surface area contributed by atoms with E-state index in [0.29, 0.717) is 45.2 Å². The molecule has 1 N–H and O–H groups in total. The van der Waals surface area contributed by atoms with Crippen LogP contribution in [0.1, 0.15) is 24.8 Å². The molecule has 1 aromatic carbocycles. The zero-order valence-electron chi connectivity index (χ0n) is 16.2. The Balaban J connectivity index is 1.55. The minimum absolute atomic E-state index is 0.132. The number of amides is 1. The number of benzene rings is 1. The standard InChI is InChI=1S/C19H28N2O6S/c1-15-4-5-17(28(23,24)21-7-11-25-12-8-21)13-18(15)20-19(22)6-10-26-14-16-3-2-9-27-16/h4-5,13,16H,2-3,6-12,14H2,1H3,(H,20,22). The van der Waals surface area contributed by atoms with Crippen LogP contribution in [0.2, 0.25) is 0 Å². The van der Waals surface area contributed by atoms with Crippen LogP contribution in [0.5, 0.6) is 0 Å². The number of carbonyl (C=O) groups excluding carboxylic acids is 1. The number of sulfonamides is 1. The summed E-state index contributed by atoms with van der Waals surface area (Å²) < 4.78 is 43.2. The van der Waals surface area contributed by atoms with Crippen molar-refractivity contribution in [2.24, 2.45) is 0 Å². The number of morpholine rings is 1. The quantitative estimate of drug-likeness (QED) is 0.651. The lowest BCUT2D eigenvalue weighted by molar-refractivity contribution is -0.117. The van der Waals surface area contributed by atoms with Gasteiger partial charge in [-0.25, -0.2) is 8.42 Å². The zero-order valence-corrected chi connectivity index (χ0v) is 17.0. The number of nitrogens with one attached hydrogen (secondary N) is 1. The molecule has 156 valence electrons. The van der Waals surface area contributed by atoms with Gasteiger partial charge in [0.05, 0.1) is 43.8 Å². The minimum atomic E-state index is -3.60. The highest BCUT2D eigenvalue weighted by atomic mass is 32.2. The molecule has 3 rings (SSSR count). The number of hydrogen-bond acceptors (Lipinski definition) is 6. The van der Waals surface area contributed by atoms with E-state index in [9.17, 15) is 13.2 Å². The van der Waals surface area contributed by atoms with Crippen molar-refractivity contribution in [3.05, 3.63) is 23.8 Å². The maximum Gasteiger partial charge on any atom is 0.243 e. The molecule has 0 spiro atoms. The lowest BCUT2D eigenvalue weighted by Crippen LogP contribution is -2.40. The molecule has 1 atom stereocenters. The van der Waals surface area contributed by atoms with Crippen molar-refractivity contribution in [1.29, 1.82) is 0 Å². The molecule has 1 unspecified atom stereocenters. The van der Waals surface area contributed by atoms with Crippen molar-refractivity contribution in [3.8, 4) is 0 Å². The summed E-state index contributed by atoms with van der Waals surface area (Å²) >= 11 is 0. The van der Waals surface area contributed by atoms with Gasteiger partial charge in [0.25, 0.3) is 0 Å². The van der Waals surface area contributed by atoms with Gasteiger partial charge in [-0.3, -0.25) is 4.79 Å². The molecule has 8 nitrogen and oxygen atoms in total. The van der Waals surface area contributed by atoms with E-state index in [1.54, 1.807) is 12.1 Å². The number of hydrogen-bond donors (Lipinski definition) is 1. The Morgan fingerprint density at radius 3 is 2.79 bits per heavy atom. The zero-order chi connectivity index (χ0) is 20.0. The summed E-state index contributed by atoms with van der Waals surface area (Å²) in [5.74, 6) is -0.212. The highest BCUT2D eigenvalue weighted by Gasteiger charge is 2.27. The first-order valence-electron chi connectivity index (χ1n) is 9.64. The predicted octanol–water partition coefficient (Wildman–Crippen LogP) is 1.54. The molecule has 2 fully saturated rings. The van der Waals surface area contributed by atoms with Crippen molar-refractivity contribution >= 4 is 21.6 Å². The van der Waals surface area contributed by atoms with Crippen LogP contribution in [0, 0.1) is 6.92 Å². The topological polar surface area (TPSA) is 94.2 Å². The average Bonchev–Trinajstić information content (AvgIpc) is 3.21. The fourth-order valence-corrected chi connectivity index (χ4v) is 4.64. The van der Waals surface area contributed by atoms with Crippen LogP contribution >= 0.6 is 0 Å². The van der Waals surface area contributed by atoms with Crippen LogP contribution in [0.4, 0.5) is 5.69 Å². The molecule has 28 heavy (non-hydrogen) atoms. The lowest BCUT2D eigenvalue weighted by atomic mass is 10.2. The molecule has 9 heteroatoms. The number of ether oxygens (including phenoxy) is 3. The molecule has 2 aliphatic heterocycles. The molecule has 1 aromatic rings. The van der Waals surface area contributed by atoms with Crippen molar-refractivity contribution in [2.45, 2.75) is 37.2 Å². The monoisotopic (exact) mass is 412 g/mol. The van der Waals surface area contributed by atoms with Crippen molar-refractivity contribution in [1.82, 2.24) is 4.31 Å². The van der Waals surface area contributed by atoms with Crippen molar-refractivity contribution in [3.63, 3.8) is 0 Å². The third-order valence-corrected chi connectivity index (χ3v) is 6.79. The van der Waals surface area contributed by atoms with E-state index < -0.39 is 10.0 Å². The first-order valence-corrected chi connectivity index (χ1v) is 11.1. The van der Waals surface area contributed by atoms with Crippen LogP contribution in [0.15, 0.2) is 23.1 Å². The number of nitrogens with zero attached hydrogens (tertiary/aromatic N) is 1. The van der Waals surface area contributed by atoms with Gasteiger partial charge in [-0.15, -0.1) is 0 Å². The van der Waals surface area contributed by atoms with Crippen LogP contribution < -0.4 is 5.32 Å². The van der Waals surface area contributed by atoms with Gasteiger partial charge in [0.2, 0.25) is 15.9 Å². The highest BCUT2D eigenvalue weighted by Crippen LogP contribution is 2.24. The third kappa shape index (κ3) is 5.51. The molecular formula is C19H28N2O6S. The highest BCUT2D eigenvalue weighted by molar-refractivity contribution is 7.89. The molecule has 0 bridgehead atoms. The molecule has 2 saturated heterocycles. The van der Waals surface area contributed by atoms with Crippen molar-refractivity contribution < 1.29 is 27.4 Å². The fraction of sp³-hybridized carbons (Fsp3) is 0.632. The first-order chi connectivity index (χ1) is 13.5. The van der Waals surface area contributed by atoms with Gasteiger partial charge in [0.1, 0.15) is 0 Å². The molecule has 0 aliphatic carbocycles. The van der Waals surface area contributed by atoms with E-state index in [1.165, 1.54) is 10.4 Å². The summed E-state index contributed by atoms with van der Waals surface area (Å²) in [5, 5.41) is 2.80. The summed E-state index contributed by atoms with van der Waals surface area (Å²) in [6.07, 6.45) is 2.38. The van der Waals surface area contributed by atoms with E-state index in [-0.39, 0.29) is 23.3 Å². The van der Waals surface area contributed by atoms with E-state index in [2.05, 4.69) is 5.32 Å². The summed E-state index contributed by atoms with van der Waals surface area (Å²) in [6.45, 7) is 4.85. The van der Waals surface area contributed by atoms with Gasteiger partial charge in [0, 0.05) is 25.4 Å². The third-order valence-electron chi connectivity index (χ3n) is 4.89. The summed E-state index contributed by atoms with van der Waals surface area (Å²) in [6, 6.07) is 4.79. The SMILES string of the molecule is Cc1ccc(S(=O)(=O)N2CCOCC2)cc1NC(=O)CCOCC1CCCO1. The largest absolute Gasteiger partial charge is 0.379 e. The van der Waals surface area contributed by atoms with Gasteiger partial charge < -0.3 is 19.5 Å². The van der Waals surface area contributed by atoms with Gasteiger partial charge >= 0.3 is 0 Å². The average molecular weight is 413 g/mol. The van der Waals surface area contributed by atoms with Crippen LogP contribution in [-0.4, -0.2) is 70.9 Å². The van der Waals surface area contributed by atoms with E-state index >= 15 is 0 Å². The number of aryl methyl sites for hydroxylation is 1. The number of rotatable bonds is 8. The molecule has 2 heterocycles. The maximum absolute atomic E-state index is 12.8. The normalized spacial score (nSPS) is 21.0. The first kappa shape index (κ1) is 21.2. The molecule has 2 aliphatic rings. The smallest absolute Gasteiger partial charge is 0.243 e. The Hall–Kier alpha value is -1.52. The van der Waals surface area contributed by atoms with Crippen LogP contribution in [0.3, 0.4) is 0 Å². The Labute approximate surface area is 166 Å². The van der Waals surface area contributed by atoms with Gasteiger partial charge in [-0.05, 0) is 37.5 Å². The lowest BCUT2D eigenvalue weighted by Gasteiger charge is -2.26. The fourth-order valence-electron chi connectivity index (χ4n) is 3.20. The second-order valence-electron chi connectivity index (χ2n) is 7.00. The van der Waals surface area contributed by atoms with Crippen molar-refractivity contribution in [2.75, 3.05) is 51.4 Å². The number of carbonyl (C=O) groups is 1. The molecule has 0 saturated carbocycles. The second kappa shape index (κ2) is 9.80. The van der Waals surface area contributed by atoms with E-state index in [4.69, 9.17) is 14.2 Å². The summed E-state index contributed by atoms with van der Waals surface area (Å²) in [7, 11) is -3.60. The van der Waals surface area contributed by atoms with Crippen LogP contribution in [-0.2, 0) is 29.0 Å². The summed E-state index contributed by atoms with van der Waals surface area (Å²) in [4.78, 5) is 12.4. The Morgan fingerprint density at radius 2 is 2.07 bits per heavy atom. The van der Waals surface area contributed by atoms with Gasteiger partial charge in [-0.2, -0.15) is 4.31 Å². The minimum Gasteiger partial charge on any atom is -0.379 e. The Bertz CT molecular complexity index is 771. The van der Waals surface area contributed by atoms with E-state index in [0.717, 1.165) is 25.0 Å². The Morgan fingerprint density at radius 1 is 1.29 bits per heavy atom. The number of anilines is 1. The Kier molecular flexibility index (Phi) is 7.42. The van der Waals surface area contributed by atoms with Crippen LogP contribution in [0.25, 0.3) is 0 Å². The van der Waals surface area contributed by atoms with Gasteiger partial charge in [0.15, 0.2) is 0 Å². The van der Waals surface area contributed by atoms with E-state index in [1.807, 2.05) is 6.92 Å².